The van der Waals surface area contributed by atoms with E-state index in [1.165, 1.54) is 0 Å². The summed E-state index contributed by atoms with van der Waals surface area (Å²) in [4.78, 5) is 11.4. The average molecular weight is 383 g/mol. The van der Waals surface area contributed by atoms with Gasteiger partial charge in [-0.3, -0.25) is 4.79 Å². The van der Waals surface area contributed by atoms with Crippen LogP contribution in [0.15, 0.2) is 49.0 Å². The first-order valence-corrected chi connectivity index (χ1v) is 9.32. The Bertz CT molecular complexity index is 797. The van der Waals surface area contributed by atoms with Crippen LogP contribution >= 0.6 is 0 Å². The van der Waals surface area contributed by atoms with E-state index in [0.717, 1.165) is 37.4 Å². The van der Waals surface area contributed by atoms with E-state index >= 15 is 0 Å². The Balaban J connectivity index is 1.52. The SMILES string of the molecule is C=Cc1ccc(C(N)=O)cc1Oc1ccc(OCCOC2CCOCC2)cc1. The lowest BCUT2D eigenvalue weighted by Crippen LogP contribution is -2.25. The molecule has 2 aromatic rings. The van der Waals surface area contributed by atoms with Crippen molar-refractivity contribution in [1.82, 2.24) is 0 Å². The third-order valence-electron chi connectivity index (χ3n) is 4.44. The smallest absolute Gasteiger partial charge is 0.248 e. The van der Waals surface area contributed by atoms with Crippen LogP contribution in [-0.4, -0.2) is 38.4 Å². The van der Waals surface area contributed by atoms with Gasteiger partial charge in [0.1, 0.15) is 23.9 Å². The summed E-state index contributed by atoms with van der Waals surface area (Å²) in [6.07, 6.45) is 3.81. The number of rotatable bonds is 9. The molecule has 6 nitrogen and oxygen atoms in total. The Morgan fingerprint density at radius 1 is 1.11 bits per heavy atom. The molecule has 0 aromatic heterocycles. The van der Waals surface area contributed by atoms with Gasteiger partial charge in [0.05, 0.1) is 12.7 Å². The molecular formula is C22H25NO5. The molecule has 0 radical (unpaired) electrons. The number of carbonyl (C=O) groups excluding carboxylic acids is 1. The Morgan fingerprint density at radius 3 is 2.50 bits per heavy atom. The molecule has 148 valence electrons. The van der Waals surface area contributed by atoms with Gasteiger partial charge in [-0.2, -0.15) is 0 Å². The second-order valence-corrected chi connectivity index (χ2v) is 6.43. The second-order valence-electron chi connectivity index (χ2n) is 6.43. The summed E-state index contributed by atoms with van der Waals surface area (Å²) >= 11 is 0. The van der Waals surface area contributed by atoms with Crippen molar-refractivity contribution < 1.29 is 23.7 Å². The van der Waals surface area contributed by atoms with Crippen molar-refractivity contribution >= 4 is 12.0 Å². The van der Waals surface area contributed by atoms with Gasteiger partial charge in [-0.05, 0) is 49.2 Å². The molecule has 2 N–H and O–H groups in total. The van der Waals surface area contributed by atoms with Crippen LogP contribution in [0, 0.1) is 0 Å². The molecule has 6 heteroatoms. The van der Waals surface area contributed by atoms with Crippen LogP contribution in [0.4, 0.5) is 0 Å². The van der Waals surface area contributed by atoms with Gasteiger partial charge in [0.25, 0.3) is 0 Å². The molecule has 2 aromatic carbocycles. The minimum atomic E-state index is -0.507. The fraction of sp³-hybridized carbons (Fsp3) is 0.318. The zero-order chi connectivity index (χ0) is 19.8. The number of hydrogen-bond donors (Lipinski definition) is 1. The Kier molecular flexibility index (Phi) is 7.06. The molecule has 3 rings (SSSR count). The fourth-order valence-electron chi connectivity index (χ4n) is 2.89. The third kappa shape index (κ3) is 5.58. The lowest BCUT2D eigenvalue weighted by molar-refractivity contribution is -0.0388. The maximum absolute atomic E-state index is 11.4. The first kappa shape index (κ1) is 19.9. The van der Waals surface area contributed by atoms with Gasteiger partial charge >= 0.3 is 0 Å². The number of nitrogens with two attached hydrogens (primary N) is 1. The number of ether oxygens (including phenoxy) is 4. The lowest BCUT2D eigenvalue weighted by atomic mass is 10.1. The fourth-order valence-corrected chi connectivity index (χ4v) is 2.89. The molecule has 1 amide bonds. The predicted molar refractivity (Wildman–Crippen MR) is 107 cm³/mol. The van der Waals surface area contributed by atoms with Crippen LogP contribution < -0.4 is 15.2 Å². The molecule has 1 saturated heterocycles. The number of amides is 1. The normalized spacial score (nSPS) is 14.4. The Labute approximate surface area is 164 Å². The van der Waals surface area contributed by atoms with Crippen molar-refractivity contribution in [3.63, 3.8) is 0 Å². The number of carbonyl (C=O) groups is 1. The predicted octanol–water partition coefficient (Wildman–Crippen LogP) is 3.80. The van der Waals surface area contributed by atoms with Gasteiger partial charge in [-0.1, -0.05) is 18.7 Å². The zero-order valence-corrected chi connectivity index (χ0v) is 15.8. The van der Waals surface area contributed by atoms with E-state index in [1.807, 2.05) is 12.1 Å². The third-order valence-corrected chi connectivity index (χ3v) is 4.44. The average Bonchev–Trinajstić information content (AvgIpc) is 2.73. The van der Waals surface area contributed by atoms with Crippen LogP contribution in [0.1, 0.15) is 28.8 Å². The molecular weight excluding hydrogens is 358 g/mol. The second kappa shape index (κ2) is 9.92. The summed E-state index contributed by atoms with van der Waals surface area (Å²) in [5.41, 5.74) is 6.49. The van der Waals surface area contributed by atoms with E-state index in [4.69, 9.17) is 24.7 Å². The summed E-state index contributed by atoms with van der Waals surface area (Å²) in [5, 5.41) is 0. The van der Waals surface area contributed by atoms with Gasteiger partial charge in [0.2, 0.25) is 5.91 Å². The molecule has 1 aliphatic rings. The summed E-state index contributed by atoms with van der Waals surface area (Å²) in [6, 6.07) is 12.3. The molecule has 1 heterocycles. The molecule has 0 spiro atoms. The number of hydrogen-bond acceptors (Lipinski definition) is 5. The number of benzene rings is 2. The quantitative estimate of drug-likeness (QED) is 0.666. The Morgan fingerprint density at radius 2 is 1.82 bits per heavy atom. The molecule has 0 saturated carbocycles. The minimum absolute atomic E-state index is 0.267. The summed E-state index contributed by atoms with van der Waals surface area (Å²) < 4.78 is 22.7. The minimum Gasteiger partial charge on any atom is -0.491 e. The van der Waals surface area contributed by atoms with E-state index in [9.17, 15) is 4.79 Å². The monoisotopic (exact) mass is 383 g/mol. The topological polar surface area (TPSA) is 80.0 Å². The van der Waals surface area contributed by atoms with E-state index in [2.05, 4.69) is 6.58 Å². The summed E-state index contributed by atoms with van der Waals surface area (Å²) in [5.74, 6) is 1.37. The standard InChI is InChI=1S/C22H25NO5/c1-2-16-3-4-17(22(23)24)15-21(16)28-20-7-5-18(6-8-20)26-13-14-27-19-9-11-25-12-10-19/h2-8,15,19H,1,9-14H2,(H2,23,24). The molecule has 0 atom stereocenters. The van der Waals surface area contributed by atoms with Crippen molar-refractivity contribution in [1.29, 1.82) is 0 Å². The van der Waals surface area contributed by atoms with Gasteiger partial charge in [0, 0.05) is 24.3 Å². The molecule has 1 aliphatic heterocycles. The molecule has 1 fully saturated rings. The van der Waals surface area contributed by atoms with Crippen molar-refractivity contribution in [2.45, 2.75) is 18.9 Å². The molecule has 28 heavy (non-hydrogen) atoms. The van der Waals surface area contributed by atoms with Crippen LogP contribution in [0.25, 0.3) is 6.08 Å². The van der Waals surface area contributed by atoms with Crippen LogP contribution in [0.5, 0.6) is 17.2 Å². The summed E-state index contributed by atoms with van der Waals surface area (Å²) in [6.45, 7) is 6.33. The highest BCUT2D eigenvalue weighted by Crippen LogP contribution is 2.28. The highest BCUT2D eigenvalue weighted by atomic mass is 16.5. The van der Waals surface area contributed by atoms with E-state index < -0.39 is 5.91 Å². The van der Waals surface area contributed by atoms with Gasteiger partial charge < -0.3 is 24.7 Å². The molecule has 0 unspecified atom stereocenters. The Hall–Kier alpha value is -2.83. The van der Waals surface area contributed by atoms with Gasteiger partial charge in [-0.15, -0.1) is 0 Å². The largest absolute Gasteiger partial charge is 0.491 e. The van der Waals surface area contributed by atoms with Crippen molar-refractivity contribution in [2.75, 3.05) is 26.4 Å². The van der Waals surface area contributed by atoms with Crippen LogP contribution in [-0.2, 0) is 9.47 Å². The maximum atomic E-state index is 11.4. The van der Waals surface area contributed by atoms with Crippen molar-refractivity contribution in [3.05, 3.63) is 60.2 Å². The number of primary amides is 1. The van der Waals surface area contributed by atoms with Crippen LogP contribution in [0.2, 0.25) is 0 Å². The van der Waals surface area contributed by atoms with Gasteiger partial charge in [-0.25, -0.2) is 0 Å². The van der Waals surface area contributed by atoms with Crippen molar-refractivity contribution in [2.24, 2.45) is 5.73 Å². The van der Waals surface area contributed by atoms with E-state index in [-0.39, 0.29) is 6.10 Å². The van der Waals surface area contributed by atoms with E-state index in [0.29, 0.717) is 30.3 Å². The summed E-state index contributed by atoms with van der Waals surface area (Å²) in [7, 11) is 0. The zero-order valence-electron chi connectivity index (χ0n) is 15.8. The highest BCUT2D eigenvalue weighted by Gasteiger charge is 2.13. The van der Waals surface area contributed by atoms with Crippen molar-refractivity contribution in [3.8, 4) is 17.2 Å². The first-order valence-electron chi connectivity index (χ1n) is 9.32. The molecule has 0 bridgehead atoms. The van der Waals surface area contributed by atoms with Crippen LogP contribution in [0.3, 0.4) is 0 Å². The highest BCUT2D eigenvalue weighted by molar-refractivity contribution is 5.93. The maximum Gasteiger partial charge on any atom is 0.248 e. The lowest BCUT2D eigenvalue weighted by Gasteiger charge is -2.22. The van der Waals surface area contributed by atoms with E-state index in [1.54, 1.807) is 36.4 Å². The molecule has 0 aliphatic carbocycles. The first-order chi connectivity index (χ1) is 13.7. The van der Waals surface area contributed by atoms with Gasteiger partial charge in [0.15, 0.2) is 0 Å².